The van der Waals surface area contributed by atoms with Crippen molar-refractivity contribution in [2.45, 2.75) is 32.1 Å². The number of rotatable bonds is 6. The third-order valence-corrected chi connectivity index (χ3v) is 1.84. The van der Waals surface area contributed by atoms with Crippen LogP contribution < -0.4 is 5.73 Å². The van der Waals surface area contributed by atoms with Crippen LogP contribution in [0.2, 0.25) is 0 Å². The van der Waals surface area contributed by atoms with Gasteiger partial charge in [-0.1, -0.05) is 12.8 Å². The molecule has 0 aliphatic heterocycles. The molecule has 0 aromatic heterocycles. The van der Waals surface area contributed by atoms with Crippen molar-refractivity contribution >= 4 is 5.91 Å². The average molecular weight is 172 g/mol. The SMILES string of the molecule is CN(C)C(=O)CCCCCCN. The van der Waals surface area contributed by atoms with E-state index >= 15 is 0 Å². The van der Waals surface area contributed by atoms with Crippen LogP contribution in [0.15, 0.2) is 0 Å². The number of hydrogen-bond donors (Lipinski definition) is 1. The Balaban J connectivity index is 3.14. The monoisotopic (exact) mass is 172 g/mol. The van der Waals surface area contributed by atoms with Gasteiger partial charge in [-0.05, 0) is 19.4 Å². The summed E-state index contributed by atoms with van der Waals surface area (Å²) in [6.45, 7) is 0.766. The minimum atomic E-state index is 0.225. The van der Waals surface area contributed by atoms with Gasteiger partial charge in [-0.3, -0.25) is 4.79 Å². The fourth-order valence-corrected chi connectivity index (χ4v) is 0.998. The number of nitrogens with two attached hydrogens (primary N) is 1. The van der Waals surface area contributed by atoms with Crippen molar-refractivity contribution in [3.05, 3.63) is 0 Å². The van der Waals surface area contributed by atoms with E-state index < -0.39 is 0 Å². The summed E-state index contributed by atoms with van der Waals surface area (Å²) >= 11 is 0. The maximum absolute atomic E-state index is 11.1. The summed E-state index contributed by atoms with van der Waals surface area (Å²) in [4.78, 5) is 12.7. The standard InChI is InChI=1S/C9H20N2O/c1-11(2)9(12)7-5-3-4-6-8-10/h3-8,10H2,1-2H3. The smallest absolute Gasteiger partial charge is 0.222 e. The number of nitrogens with zero attached hydrogens (tertiary/aromatic N) is 1. The molecule has 0 fully saturated rings. The van der Waals surface area contributed by atoms with Crippen LogP contribution in [0.4, 0.5) is 0 Å². The van der Waals surface area contributed by atoms with Gasteiger partial charge in [0.2, 0.25) is 5.91 Å². The molecule has 3 nitrogen and oxygen atoms in total. The third kappa shape index (κ3) is 6.16. The van der Waals surface area contributed by atoms with Crippen molar-refractivity contribution in [1.82, 2.24) is 4.90 Å². The van der Waals surface area contributed by atoms with Gasteiger partial charge in [0.15, 0.2) is 0 Å². The maximum Gasteiger partial charge on any atom is 0.222 e. The summed E-state index contributed by atoms with van der Waals surface area (Å²) in [6, 6.07) is 0. The zero-order chi connectivity index (χ0) is 9.40. The van der Waals surface area contributed by atoms with Crippen molar-refractivity contribution in [3.63, 3.8) is 0 Å². The molecular formula is C9H20N2O. The van der Waals surface area contributed by atoms with Crippen molar-refractivity contribution < 1.29 is 4.79 Å². The summed E-state index contributed by atoms with van der Waals surface area (Å²) < 4.78 is 0. The summed E-state index contributed by atoms with van der Waals surface area (Å²) in [5.41, 5.74) is 5.34. The molecule has 0 aliphatic rings. The number of unbranched alkanes of at least 4 members (excludes halogenated alkanes) is 3. The molecule has 0 aliphatic carbocycles. The minimum Gasteiger partial charge on any atom is -0.349 e. The predicted molar refractivity (Wildman–Crippen MR) is 50.8 cm³/mol. The van der Waals surface area contributed by atoms with Crippen molar-refractivity contribution in [2.24, 2.45) is 5.73 Å². The molecule has 0 radical (unpaired) electrons. The fraction of sp³-hybridized carbons (Fsp3) is 0.889. The van der Waals surface area contributed by atoms with E-state index in [-0.39, 0.29) is 5.91 Å². The highest BCUT2D eigenvalue weighted by Gasteiger charge is 2.01. The highest BCUT2D eigenvalue weighted by Crippen LogP contribution is 2.03. The lowest BCUT2D eigenvalue weighted by molar-refractivity contribution is -0.128. The quantitative estimate of drug-likeness (QED) is 0.607. The first-order valence-electron chi connectivity index (χ1n) is 4.58. The molecule has 0 bridgehead atoms. The van der Waals surface area contributed by atoms with E-state index in [0.717, 1.165) is 32.2 Å². The average Bonchev–Trinajstić information content (AvgIpc) is 2.03. The van der Waals surface area contributed by atoms with Crippen LogP contribution in [-0.2, 0) is 4.79 Å². The second-order valence-electron chi connectivity index (χ2n) is 3.24. The topological polar surface area (TPSA) is 46.3 Å². The van der Waals surface area contributed by atoms with E-state index in [4.69, 9.17) is 5.73 Å². The van der Waals surface area contributed by atoms with Gasteiger partial charge in [0.05, 0.1) is 0 Å². The summed E-state index contributed by atoms with van der Waals surface area (Å²) in [5.74, 6) is 0.225. The van der Waals surface area contributed by atoms with Gasteiger partial charge in [0.25, 0.3) is 0 Å². The van der Waals surface area contributed by atoms with E-state index in [9.17, 15) is 4.79 Å². The molecule has 1 amide bonds. The molecule has 12 heavy (non-hydrogen) atoms. The molecule has 0 unspecified atom stereocenters. The lowest BCUT2D eigenvalue weighted by atomic mass is 10.1. The molecular weight excluding hydrogens is 152 g/mol. The Bertz CT molecular complexity index is 124. The molecule has 0 saturated heterocycles. The van der Waals surface area contributed by atoms with Crippen LogP contribution >= 0.6 is 0 Å². The lowest BCUT2D eigenvalue weighted by Crippen LogP contribution is -2.21. The number of hydrogen-bond acceptors (Lipinski definition) is 2. The lowest BCUT2D eigenvalue weighted by Gasteiger charge is -2.09. The number of amides is 1. The Hall–Kier alpha value is -0.570. The van der Waals surface area contributed by atoms with Gasteiger partial charge in [-0.15, -0.1) is 0 Å². The zero-order valence-electron chi connectivity index (χ0n) is 8.18. The van der Waals surface area contributed by atoms with Gasteiger partial charge in [0.1, 0.15) is 0 Å². The summed E-state index contributed by atoms with van der Waals surface area (Å²) in [7, 11) is 3.59. The minimum absolute atomic E-state index is 0.225. The maximum atomic E-state index is 11.1. The molecule has 2 N–H and O–H groups in total. The number of carbonyl (C=O) groups is 1. The second kappa shape index (κ2) is 7.10. The first-order valence-corrected chi connectivity index (χ1v) is 4.58. The van der Waals surface area contributed by atoms with Gasteiger partial charge >= 0.3 is 0 Å². The zero-order valence-corrected chi connectivity index (χ0v) is 8.18. The van der Waals surface area contributed by atoms with Crippen LogP contribution in [0.1, 0.15) is 32.1 Å². The Morgan fingerprint density at radius 3 is 2.25 bits per heavy atom. The number of carbonyl (C=O) groups excluding carboxylic acids is 1. The highest BCUT2D eigenvalue weighted by molar-refractivity contribution is 5.75. The Morgan fingerprint density at radius 1 is 1.17 bits per heavy atom. The van der Waals surface area contributed by atoms with Crippen molar-refractivity contribution in [2.75, 3.05) is 20.6 Å². The van der Waals surface area contributed by atoms with Crippen LogP contribution in [0.3, 0.4) is 0 Å². The van der Waals surface area contributed by atoms with E-state index in [1.807, 2.05) is 0 Å². The largest absolute Gasteiger partial charge is 0.349 e. The van der Waals surface area contributed by atoms with E-state index in [0.29, 0.717) is 6.42 Å². The first-order chi connectivity index (χ1) is 5.68. The Morgan fingerprint density at radius 2 is 1.75 bits per heavy atom. The van der Waals surface area contributed by atoms with Crippen LogP contribution in [-0.4, -0.2) is 31.4 Å². The first kappa shape index (κ1) is 11.4. The Kier molecular flexibility index (Phi) is 6.76. The summed E-state index contributed by atoms with van der Waals surface area (Å²) in [6.07, 6.45) is 5.03. The summed E-state index contributed by atoms with van der Waals surface area (Å²) in [5, 5.41) is 0. The van der Waals surface area contributed by atoms with E-state index in [2.05, 4.69) is 0 Å². The van der Waals surface area contributed by atoms with Gasteiger partial charge in [0, 0.05) is 20.5 Å². The molecule has 0 heterocycles. The molecule has 3 heteroatoms. The molecule has 72 valence electrons. The van der Waals surface area contributed by atoms with Crippen LogP contribution in [0.25, 0.3) is 0 Å². The molecule has 0 saturated carbocycles. The molecule has 0 aromatic rings. The van der Waals surface area contributed by atoms with E-state index in [1.165, 1.54) is 0 Å². The highest BCUT2D eigenvalue weighted by atomic mass is 16.2. The van der Waals surface area contributed by atoms with Crippen molar-refractivity contribution in [1.29, 1.82) is 0 Å². The second-order valence-corrected chi connectivity index (χ2v) is 3.24. The molecule has 0 aromatic carbocycles. The molecule has 0 spiro atoms. The van der Waals surface area contributed by atoms with Crippen LogP contribution in [0.5, 0.6) is 0 Å². The van der Waals surface area contributed by atoms with Crippen LogP contribution in [0, 0.1) is 0 Å². The Labute approximate surface area is 74.9 Å². The van der Waals surface area contributed by atoms with Gasteiger partial charge in [-0.25, -0.2) is 0 Å². The molecule has 0 rings (SSSR count). The van der Waals surface area contributed by atoms with Gasteiger partial charge < -0.3 is 10.6 Å². The fourth-order valence-electron chi connectivity index (χ4n) is 0.998. The normalized spacial score (nSPS) is 9.92. The predicted octanol–water partition coefficient (Wildman–Crippen LogP) is 0.984. The van der Waals surface area contributed by atoms with E-state index in [1.54, 1.807) is 19.0 Å². The van der Waals surface area contributed by atoms with Gasteiger partial charge in [-0.2, -0.15) is 0 Å². The van der Waals surface area contributed by atoms with Crippen molar-refractivity contribution in [3.8, 4) is 0 Å². The third-order valence-electron chi connectivity index (χ3n) is 1.84. The molecule has 0 atom stereocenters.